The third kappa shape index (κ3) is 3.43. The summed E-state index contributed by atoms with van der Waals surface area (Å²) >= 11 is 0. The van der Waals surface area contributed by atoms with E-state index >= 15 is 0 Å². The summed E-state index contributed by atoms with van der Waals surface area (Å²) < 4.78 is 4.98. The number of hydrogen-bond acceptors (Lipinski definition) is 4. The van der Waals surface area contributed by atoms with E-state index < -0.39 is 12.0 Å². The first-order chi connectivity index (χ1) is 7.56. The van der Waals surface area contributed by atoms with Gasteiger partial charge in [-0.2, -0.15) is 0 Å². The van der Waals surface area contributed by atoms with Crippen molar-refractivity contribution in [1.82, 2.24) is 9.80 Å². The summed E-state index contributed by atoms with van der Waals surface area (Å²) in [5, 5.41) is 9.15. The van der Waals surface area contributed by atoms with Gasteiger partial charge in [-0.05, 0) is 33.5 Å². The van der Waals surface area contributed by atoms with Gasteiger partial charge in [-0.3, -0.25) is 9.69 Å². The van der Waals surface area contributed by atoms with Crippen molar-refractivity contribution < 1.29 is 14.6 Å². The fraction of sp³-hybridized carbons (Fsp3) is 0.909. The zero-order valence-corrected chi connectivity index (χ0v) is 10.3. The molecule has 1 aliphatic rings. The molecule has 1 fully saturated rings. The van der Waals surface area contributed by atoms with Crippen LogP contribution in [0.2, 0.25) is 0 Å². The number of carboxylic acid groups (broad SMARTS) is 1. The Bertz CT molecular complexity index is 233. The van der Waals surface area contributed by atoms with Crippen LogP contribution in [0.5, 0.6) is 0 Å². The number of ether oxygens (including phenoxy) is 1. The molecule has 0 aromatic rings. The Hall–Kier alpha value is -0.650. The first-order valence-electron chi connectivity index (χ1n) is 5.68. The molecule has 0 aromatic carbocycles. The van der Waals surface area contributed by atoms with Crippen molar-refractivity contribution in [2.75, 3.05) is 40.9 Å². The molecule has 1 rings (SSSR count). The lowest BCUT2D eigenvalue weighted by Gasteiger charge is -2.38. The average molecular weight is 230 g/mol. The molecule has 0 bridgehead atoms. The number of likely N-dealkylation sites (tertiary alicyclic amines) is 1. The van der Waals surface area contributed by atoms with Gasteiger partial charge in [0.15, 0.2) is 0 Å². The number of rotatable bonds is 5. The van der Waals surface area contributed by atoms with Gasteiger partial charge >= 0.3 is 5.97 Å². The van der Waals surface area contributed by atoms with Gasteiger partial charge in [0.2, 0.25) is 0 Å². The molecule has 0 aliphatic carbocycles. The molecule has 5 nitrogen and oxygen atoms in total. The molecule has 5 heteroatoms. The molecular formula is C11H22N2O3. The average Bonchev–Trinajstić information content (AvgIpc) is 2.25. The summed E-state index contributed by atoms with van der Waals surface area (Å²) in [5.74, 6) is -0.791. The smallest absolute Gasteiger partial charge is 0.323 e. The minimum Gasteiger partial charge on any atom is -0.480 e. The molecule has 94 valence electrons. The first-order valence-corrected chi connectivity index (χ1v) is 5.68. The van der Waals surface area contributed by atoms with E-state index in [9.17, 15) is 4.79 Å². The van der Waals surface area contributed by atoms with Gasteiger partial charge in [-0.1, -0.05) is 0 Å². The minimum atomic E-state index is -0.791. The van der Waals surface area contributed by atoms with Crippen LogP contribution >= 0.6 is 0 Å². The van der Waals surface area contributed by atoms with Gasteiger partial charge in [0, 0.05) is 19.7 Å². The third-order valence-electron chi connectivity index (χ3n) is 3.21. The number of carboxylic acids is 1. The summed E-state index contributed by atoms with van der Waals surface area (Å²) in [6.07, 6.45) is 2.19. The molecule has 0 spiro atoms. The second kappa shape index (κ2) is 6.18. The molecule has 0 saturated carbocycles. The first kappa shape index (κ1) is 13.4. The summed E-state index contributed by atoms with van der Waals surface area (Å²) in [6.45, 7) is 1.92. The van der Waals surface area contributed by atoms with Gasteiger partial charge < -0.3 is 14.7 Å². The second-order valence-corrected chi connectivity index (χ2v) is 4.56. The largest absolute Gasteiger partial charge is 0.480 e. The highest BCUT2D eigenvalue weighted by molar-refractivity contribution is 5.73. The lowest BCUT2D eigenvalue weighted by molar-refractivity contribution is -0.146. The van der Waals surface area contributed by atoms with Crippen LogP contribution in [-0.4, -0.2) is 73.9 Å². The summed E-state index contributed by atoms with van der Waals surface area (Å²) in [7, 11) is 5.63. The standard InChI is InChI=1S/C11H22N2O3/c1-12(2)9-5-4-6-13(7-9)10(8-16-3)11(14)15/h9-10H,4-8H2,1-3H3,(H,14,15). The molecule has 16 heavy (non-hydrogen) atoms. The Morgan fingerprint density at radius 3 is 2.81 bits per heavy atom. The van der Waals surface area contributed by atoms with Crippen molar-refractivity contribution in [3.05, 3.63) is 0 Å². The Kier molecular flexibility index (Phi) is 5.18. The van der Waals surface area contributed by atoms with Crippen LogP contribution in [0.4, 0.5) is 0 Å². The number of aliphatic carboxylic acids is 1. The van der Waals surface area contributed by atoms with Crippen LogP contribution in [-0.2, 0) is 9.53 Å². The molecular weight excluding hydrogens is 208 g/mol. The highest BCUT2D eigenvalue weighted by Gasteiger charge is 2.30. The summed E-state index contributed by atoms with van der Waals surface area (Å²) in [5.41, 5.74) is 0. The van der Waals surface area contributed by atoms with Crippen molar-refractivity contribution in [1.29, 1.82) is 0 Å². The highest BCUT2D eigenvalue weighted by atomic mass is 16.5. The molecule has 2 atom stereocenters. The SMILES string of the molecule is COCC(C(=O)O)N1CCCC(N(C)C)C1. The number of likely N-dealkylation sites (N-methyl/N-ethyl adjacent to an activating group) is 1. The van der Waals surface area contributed by atoms with Gasteiger partial charge in [-0.25, -0.2) is 0 Å². The normalized spacial score (nSPS) is 24.6. The van der Waals surface area contributed by atoms with E-state index in [2.05, 4.69) is 4.90 Å². The number of carbonyl (C=O) groups is 1. The van der Waals surface area contributed by atoms with Crippen LogP contribution in [0.25, 0.3) is 0 Å². The Morgan fingerprint density at radius 1 is 1.62 bits per heavy atom. The van der Waals surface area contributed by atoms with Crippen molar-refractivity contribution in [2.24, 2.45) is 0 Å². The lowest BCUT2D eigenvalue weighted by atomic mass is 10.0. The predicted octanol–water partition coefficient (Wildman–Crippen LogP) is 0.112. The molecule has 1 aliphatic heterocycles. The summed E-state index contributed by atoms with van der Waals surface area (Å²) in [6, 6.07) is -0.0554. The van der Waals surface area contributed by atoms with E-state index in [4.69, 9.17) is 9.84 Å². The zero-order chi connectivity index (χ0) is 12.1. The van der Waals surface area contributed by atoms with Gasteiger partial charge in [-0.15, -0.1) is 0 Å². The molecule has 1 heterocycles. The second-order valence-electron chi connectivity index (χ2n) is 4.56. The maximum absolute atomic E-state index is 11.1. The van der Waals surface area contributed by atoms with Crippen molar-refractivity contribution >= 4 is 5.97 Å². The van der Waals surface area contributed by atoms with Crippen LogP contribution in [0.1, 0.15) is 12.8 Å². The number of piperidine rings is 1. The van der Waals surface area contributed by atoms with Crippen molar-refractivity contribution in [3.63, 3.8) is 0 Å². The number of hydrogen-bond donors (Lipinski definition) is 1. The highest BCUT2D eigenvalue weighted by Crippen LogP contribution is 2.16. The third-order valence-corrected chi connectivity index (χ3v) is 3.21. The maximum Gasteiger partial charge on any atom is 0.323 e. The zero-order valence-electron chi connectivity index (χ0n) is 10.3. The van der Waals surface area contributed by atoms with E-state index in [0.717, 1.165) is 25.9 Å². The quantitative estimate of drug-likeness (QED) is 0.726. The van der Waals surface area contributed by atoms with Gasteiger partial charge in [0.05, 0.1) is 6.61 Å². The van der Waals surface area contributed by atoms with E-state index in [-0.39, 0.29) is 6.61 Å². The van der Waals surface area contributed by atoms with Crippen LogP contribution in [0, 0.1) is 0 Å². The number of nitrogens with zero attached hydrogens (tertiary/aromatic N) is 2. The molecule has 0 aromatic heterocycles. The Morgan fingerprint density at radius 2 is 2.31 bits per heavy atom. The van der Waals surface area contributed by atoms with E-state index in [1.54, 1.807) is 7.11 Å². The topological polar surface area (TPSA) is 53.0 Å². The van der Waals surface area contributed by atoms with Gasteiger partial charge in [0.25, 0.3) is 0 Å². The van der Waals surface area contributed by atoms with Crippen molar-refractivity contribution in [3.8, 4) is 0 Å². The molecule has 1 N–H and O–H groups in total. The van der Waals surface area contributed by atoms with Crippen molar-refractivity contribution in [2.45, 2.75) is 24.9 Å². The minimum absolute atomic E-state index is 0.259. The van der Waals surface area contributed by atoms with Crippen LogP contribution in [0.15, 0.2) is 0 Å². The van der Waals surface area contributed by atoms with Crippen LogP contribution in [0.3, 0.4) is 0 Å². The fourth-order valence-electron chi connectivity index (χ4n) is 2.18. The van der Waals surface area contributed by atoms with Gasteiger partial charge in [0.1, 0.15) is 6.04 Å². The van der Waals surface area contributed by atoms with Crippen LogP contribution < -0.4 is 0 Å². The molecule has 0 radical (unpaired) electrons. The van der Waals surface area contributed by atoms with E-state index in [1.165, 1.54) is 0 Å². The Labute approximate surface area is 97.0 Å². The maximum atomic E-state index is 11.1. The Balaban J connectivity index is 2.59. The monoisotopic (exact) mass is 230 g/mol. The van der Waals surface area contributed by atoms with E-state index in [1.807, 2.05) is 19.0 Å². The lowest BCUT2D eigenvalue weighted by Crippen LogP contribution is -2.53. The fourth-order valence-corrected chi connectivity index (χ4v) is 2.18. The number of methoxy groups -OCH3 is 1. The molecule has 1 saturated heterocycles. The van der Waals surface area contributed by atoms with E-state index in [0.29, 0.717) is 6.04 Å². The molecule has 0 amide bonds. The molecule has 2 unspecified atom stereocenters. The predicted molar refractivity (Wildman–Crippen MR) is 61.6 cm³/mol. The summed E-state index contributed by atoms with van der Waals surface area (Å²) in [4.78, 5) is 15.3.